The van der Waals surface area contributed by atoms with Gasteiger partial charge in [0.05, 0.1) is 11.4 Å². The van der Waals surface area contributed by atoms with Crippen molar-refractivity contribution in [2.24, 2.45) is 0 Å². The largest absolute Gasteiger partial charge is 0.457 e. The molecule has 13 heteroatoms. The summed E-state index contributed by atoms with van der Waals surface area (Å²) in [5.74, 6) is 2.21. The Morgan fingerprint density at radius 1 is 0.857 bits per heavy atom. The van der Waals surface area contributed by atoms with Gasteiger partial charge in [0.2, 0.25) is 11.8 Å². The van der Waals surface area contributed by atoms with Crippen molar-refractivity contribution in [2.45, 2.75) is 87.7 Å². The van der Waals surface area contributed by atoms with E-state index in [1.165, 1.54) is 38.4 Å². The van der Waals surface area contributed by atoms with Crippen LogP contribution in [0.5, 0.6) is 11.5 Å². The summed E-state index contributed by atoms with van der Waals surface area (Å²) < 4.78 is 8.09. The maximum atomic E-state index is 13.1. The number of piperidine rings is 2. The number of hydrogen-bond acceptors (Lipinski definition) is 10. The Kier molecular flexibility index (Phi) is 11.6. The van der Waals surface area contributed by atoms with Crippen LogP contribution >= 0.6 is 11.8 Å². The molecule has 0 saturated carbocycles. The molecule has 0 bridgehead atoms. The number of fused-ring (bicyclic) bond motifs is 2. The summed E-state index contributed by atoms with van der Waals surface area (Å²) in [5.41, 5.74) is 10.6. The van der Waals surface area contributed by atoms with E-state index in [-0.39, 0.29) is 30.2 Å². The molecular weight excluding hydrogens is 725 g/mol. The number of unbranched alkanes of at least 4 members (excludes halogenated alkanes) is 5. The number of nitrogens with two attached hydrogens (primary N) is 1. The zero-order valence-corrected chi connectivity index (χ0v) is 32.4. The van der Waals surface area contributed by atoms with Gasteiger partial charge >= 0.3 is 0 Å². The molecule has 2 fully saturated rings. The summed E-state index contributed by atoms with van der Waals surface area (Å²) in [4.78, 5) is 51.5. The number of nitrogens with one attached hydrogen (secondary N) is 1. The second-order valence-electron chi connectivity index (χ2n) is 14.9. The molecule has 0 spiro atoms. The first kappa shape index (κ1) is 37.6. The van der Waals surface area contributed by atoms with Crippen LogP contribution in [-0.2, 0) is 16.1 Å². The molecular formula is C43H48N8O4S. The highest BCUT2D eigenvalue weighted by atomic mass is 32.2. The third-order valence-electron chi connectivity index (χ3n) is 11.1. The zero-order valence-electron chi connectivity index (χ0n) is 31.6. The number of thioether (sulfide) groups is 1. The maximum absolute atomic E-state index is 13.1. The second kappa shape index (κ2) is 17.3. The van der Waals surface area contributed by atoms with Crippen LogP contribution in [0.25, 0.3) is 22.3 Å². The van der Waals surface area contributed by atoms with Crippen LogP contribution < -0.4 is 15.8 Å². The second-order valence-corrected chi connectivity index (χ2v) is 16.1. The molecule has 3 aliphatic rings. The van der Waals surface area contributed by atoms with Crippen LogP contribution in [0.1, 0.15) is 86.2 Å². The number of amides is 3. The number of carbonyl (C=O) groups is 3. The maximum Gasteiger partial charge on any atom is 0.255 e. The van der Waals surface area contributed by atoms with Crippen molar-refractivity contribution >= 4 is 46.3 Å². The third-order valence-corrected chi connectivity index (χ3v) is 12.3. The lowest BCUT2D eigenvalue weighted by Gasteiger charge is -2.33. The van der Waals surface area contributed by atoms with Gasteiger partial charge in [-0.3, -0.25) is 19.7 Å². The van der Waals surface area contributed by atoms with Crippen molar-refractivity contribution < 1.29 is 19.1 Å². The minimum atomic E-state index is -0.585. The topological polar surface area (TPSA) is 149 Å². The first-order valence-electron chi connectivity index (χ1n) is 19.9. The van der Waals surface area contributed by atoms with Crippen molar-refractivity contribution in [1.29, 1.82) is 0 Å². The fourth-order valence-corrected chi connectivity index (χ4v) is 9.30. The van der Waals surface area contributed by atoms with Gasteiger partial charge in [0.25, 0.3) is 5.91 Å². The molecule has 3 aliphatic heterocycles. The summed E-state index contributed by atoms with van der Waals surface area (Å²) >= 11 is 1.80. The minimum Gasteiger partial charge on any atom is -0.457 e. The number of rotatable bonds is 15. The molecule has 12 nitrogen and oxygen atoms in total. The molecule has 3 aromatic carbocycles. The van der Waals surface area contributed by atoms with Gasteiger partial charge in [-0.05, 0) is 105 Å². The van der Waals surface area contributed by atoms with Gasteiger partial charge in [-0.15, -0.1) is 11.8 Å². The number of likely N-dealkylation sites (tertiary alicyclic amines) is 1. The smallest absolute Gasteiger partial charge is 0.255 e. The lowest BCUT2D eigenvalue weighted by molar-refractivity contribution is -0.136. The van der Waals surface area contributed by atoms with Crippen LogP contribution in [0.15, 0.2) is 84.0 Å². The number of nitrogen functional groups attached to an aromatic ring is 1. The molecule has 5 aromatic rings. The quantitative estimate of drug-likeness (QED) is 0.0627. The van der Waals surface area contributed by atoms with E-state index in [1.54, 1.807) is 16.7 Å². The van der Waals surface area contributed by atoms with E-state index in [0.29, 0.717) is 24.3 Å². The van der Waals surface area contributed by atoms with Crippen LogP contribution in [0, 0.1) is 0 Å². The Morgan fingerprint density at radius 3 is 2.46 bits per heavy atom. The van der Waals surface area contributed by atoms with Crippen LogP contribution in [0.4, 0.5) is 5.82 Å². The molecule has 0 radical (unpaired) electrons. The number of carbonyl (C=O) groups excluding carboxylic acids is 3. The third kappa shape index (κ3) is 8.29. The van der Waals surface area contributed by atoms with Crippen molar-refractivity contribution in [3.05, 3.63) is 90.3 Å². The first-order valence-corrected chi connectivity index (χ1v) is 20.9. The number of imide groups is 1. The fourth-order valence-electron chi connectivity index (χ4n) is 8.21. The summed E-state index contributed by atoms with van der Waals surface area (Å²) in [7, 11) is 0. The average Bonchev–Trinajstić information content (AvgIpc) is 3.77. The normalized spacial score (nSPS) is 18.7. The Morgan fingerprint density at radius 2 is 1.64 bits per heavy atom. The molecule has 3 N–H and O–H groups in total. The lowest BCUT2D eigenvalue weighted by atomic mass is 10.0. The molecule has 56 heavy (non-hydrogen) atoms. The predicted molar refractivity (Wildman–Crippen MR) is 217 cm³/mol. The SMILES string of the molecule is Nc1ncnc2c1c(-c1ccc(Oc3ccccc3)cc1)nn2C1CCCN(CCCCCCCCSc2cccc3c2CN(C2CCC(=O)NC2=O)C3=O)C1. The van der Waals surface area contributed by atoms with Gasteiger partial charge in [-0.25, -0.2) is 14.6 Å². The van der Waals surface area contributed by atoms with Crippen LogP contribution in [0.3, 0.4) is 0 Å². The Labute approximate surface area is 331 Å². The van der Waals surface area contributed by atoms with Crippen LogP contribution in [-0.4, -0.2) is 78.7 Å². The van der Waals surface area contributed by atoms with E-state index in [1.807, 2.05) is 66.7 Å². The Hall–Kier alpha value is -5.27. The first-order chi connectivity index (χ1) is 27.4. The van der Waals surface area contributed by atoms with Gasteiger partial charge in [0.1, 0.15) is 35.4 Å². The highest BCUT2D eigenvalue weighted by molar-refractivity contribution is 7.99. The van der Waals surface area contributed by atoms with E-state index < -0.39 is 6.04 Å². The van der Waals surface area contributed by atoms with E-state index in [9.17, 15) is 14.4 Å². The molecule has 2 atom stereocenters. The van der Waals surface area contributed by atoms with E-state index in [4.69, 9.17) is 15.6 Å². The number of aromatic nitrogens is 4. The van der Waals surface area contributed by atoms with Crippen LogP contribution in [0.2, 0.25) is 0 Å². The van der Waals surface area contributed by atoms with E-state index >= 15 is 0 Å². The number of nitrogens with zero attached hydrogens (tertiary/aromatic N) is 6. The fraction of sp³-hybridized carbons (Fsp3) is 0.395. The Balaban J connectivity index is 0.782. The van der Waals surface area contributed by atoms with Gasteiger partial charge in [-0.1, -0.05) is 49.9 Å². The lowest BCUT2D eigenvalue weighted by Crippen LogP contribution is -2.52. The minimum absolute atomic E-state index is 0.117. The van der Waals surface area contributed by atoms with Crippen molar-refractivity contribution in [3.8, 4) is 22.8 Å². The highest BCUT2D eigenvalue weighted by Gasteiger charge is 2.39. The number of ether oxygens (including phenoxy) is 1. The predicted octanol–water partition coefficient (Wildman–Crippen LogP) is 7.40. The molecule has 2 saturated heterocycles. The number of benzene rings is 3. The van der Waals surface area contributed by atoms with Crippen molar-refractivity contribution in [3.63, 3.8) is 0 Å². The molecule has 8 rings (SSSR count). The molecule has 0 aliphatic carbocycles. The monoisotopic (exact) mass is 772 g/mol. The summed E-state index contributed by atoms with van der Waals surface area (Å²) in [5, 5.41) is 8.30. The molecule has 290 valence electrons. The van der Waals surface area contributed by atoms with Gasteiger partial charge in [0.15, 0.2) is 5.65 Å². The number of para-hydroxylation sites is 1. The summed E-state index contributed by atoms with van der Waals surface area (Å²) in [6.07, 6.45) is 11.4. The van der Waals surface area contributed by atoms with Gasteiger partial charge in [-0.2, -0.15) is 5.10 Å². The standard InChI is InChI=1S/C43H48N8O4S/c44-40-38-39(29-17-19-32(20-18-29)55-31-13-6-5-7-14-31)48-51(41(38)46-28-45-40)30-12-11-24-49(26-30)23-8-3-1-2-4-9-25-56-36-16-10-15-33-34(36)27-50(43(33)54)35-21-22-37(52)47-42(35)53/h5-7,10,13-20,28,30,35H,1-4,8-9,11-12,21-27H2,(H2,44,45,46)(H,47,52,53). The summed E-state index contributed by atoms with van der Waals surface area (Å²) in [6, 6.07) is 23.2. The molecule has 3 amide bonds. The van der Waals surface area contributed by atoms with Crippen molar-refractivity contribution in [1.82, 2.24) is 34.9 Å². The number of hydrogen-bond donors (Lipinski definition) is 2. The average molecular weight is 773 g/mol. The zero-order chi connectivity index (χ0) is 38.4. The summed E-state index contributed by atoms with van der Waals surface area (Å²) in [6.45, 7) is 3.53. The number of anilines is 1. The highest BCUT2D eigenvalue weighted by Crippen LogP contribution is 2.36. The van der Waals surface area contributed by atoms with E-state index in [2.05, 4.69) is 30.9 Å². The van der Waals surface area contributed by atoms with E-state index in [0.717, 1.165) is 88.9 Å². The van der Waals surface area contributed by atoms with Gasteiger partial charge < -0.3 is 20.3 Å². The van der Waals surface area contributed by atoms with Gasteiger partial charge in [0, 0.05) is 35.5 Å². The molecule has 2 aromatic heterocycles. The molecule has 5 heterocycles. The Bertz CT molecular complexity index is 2190. The molecule has 2 unspecified atom stereocenters. The van der Waals surface area contributed by atoms with Crippen molar-refractivity contribution in [2.75, 3.05) is 31.1 Å².